The average Bonchev–Trinajstić information content (AvgIpc) is 2.39. The molecule has 5 nitrogen and oxygen atoms in total. The fraction of sp³-hybridized carbons (Fsp3) is 0.500. The summed E-state index contributed by atoms with van der Waals surface area (Å²) in [6.45, 7) is 5.20. The molecule has 0 bridgehead atoms. The molecule has 0 saturated carbocycles. The minimum absolute atomic E-state index is 0.0662. The van der Waals surface area contributed by atoms with Gasteiger partial charge in [0, 0.05) is 31.2 Å². The first kappa shape index (κ1) is 13.8. The third-order valence-corrected chi connectivity index (χ3v) is 3.19. The lowest BCUT2D eigenvalue weighted by Crippen LogP contribution is -2.49. The third kappa shape index (κ3) is 3.68. The number of ether oxygens (including phenoxy) is 1. The molecule has 1 heterocycles. The summed E-state index contributed by atoms with van der Waals surface area (Å²) in [7, 11) is 0. The van der Waals surface area contributed by atoms with Gasteiger partial charge in [0.1, 0.15) is 5.75 Å². The molecule has 0 aromatic heterocycles. The number of nitrogens with one attached hydrogen (secondary N) is 1. The van der Waals surface area contributed by atoms with Crippen molar-refractivity contribution in [1.29, 1.82) is 0 Å². The Kier molecular flexibility index (Phi) is 4.76. The van der Waals surface area contributed by atoms with E-state index >= 15 is 0 Å². The topological polar surface area (TPSA) is 67.6 Å². The first-order chi connectivity index (χ1) is 9.20. The van der Waals surface area contributed by atoms with Gasteiger partial charge in [-0.2, -0.15) is 0 Å². The maximum absolute atomic E-state index is 11.3. The minimum atomic E-state index is -0.145. The first-order valence-electron chi connectivity index (χ1n) is 6.67. The highest BCUT2D eigenvalue weighted by atomic mass is 16.5. The molecule has 1 unspecified atom stereocenters. The summed E-state index contributed by atoms with van der Waals surface area (Å²) >= 11 is 0. The highest BCUT2D eigenvalue weighted by Crippen LogP contribution is 2.24. The Labute approximate surface area is 113 Å². The van der Waals surface area contributed by atoms with Crippen LogP contribution in [-0.2, 0) is 4.79 Å². The number of benzene rings is 1. The van der Waals surface area contributed by atoms with Crippen molar-refractivity contribution in [2.75, 3.05) is 32.8 Å². The number of nitrogens with two attached hydrogens (primary N) is 1. The van der Waals surface area contributed by atoms with E-state index in [0.717, 1.165) is 17.9 Å². The molecule has 1 saturated heterocycles. The van der Waals surface area contributed by atoms with Crippen LogP contribution in [0.25, 0.3) is 0 Å². The maximum atomic E-state index is 11.3. The van der Waals surface area contributed by atoms with Crippen LogP contribution in [0.5, 0.6) is 5.75 Å². The largest absolute Gasteiger partial charge is 0.494 e. The van der Waals surface area contributed by atoms with Crippen LogP contribution < -0.4 is 15.8 Å². The summed E-state index contributed by atoms with van der Waals surface area (Å²) in [6, 6.07) is 7.67. The van der Waals surface area contributed by atoms with Crippen LogP contribution in [-0.4, -0.2) is 43.6 Å². The quantitative estimate of drug-likeness (QED) is 0.812. The van der Waals surface area contributed by atoms with Gasteiger partial charge in [-0.1, -0.05) is 18.2 Å². The van der Waals surface area contributed by atoms with Crippen molar-refractivity contribution in [2.24, 2.45) is 5.73 Å². The van der Waals surface area contributed by atoms with Crippen LogP contribution in [0.2, 0.25) is 0 Å². The van der Waals surface area contributed by atoms with Crippen LogP contribution in [0.15, 0.2) is 24.3 Å². The normalized spacial score (nSPS) is 17.9. The van der Waals surface area contributed by atoms with Gasteiger partial charge < -0.3 is 15.8 Å². The predicted molar refractivity (Wildman–Crippen MR) is 74.0 cm³/mol. The van der Waals surface area contributed by atoms with Gasteiger partial charge in [0.2, 0.25) is 5.91 Å². The van der Waals surface area contributed by atoms with Crippen molar-refractivity contribution in [3.63, 3.8) is 0 Å². The molecule has 0 spiro atoms. The standard InChI is InChI=1S/C14H21N3O2/c1-2-19-13-6-4-3-5-11(13)12(15)9-17-8-7-16-14(18)10-17/h3-6,12H,2,7-10,15H2,1H3,(H,16,18). The van der Waals surface area contributed by atoms with E-state index in [9.17, 15) is 4.79 Å². The fourth-order valence-corrected chi connectivity index (χ4v) is 2.30. The van der Waals surface area contributed by atoms with Gasteiger partial charge in [-0.05, 0) is 13.0 Å². The second kappa shape index (κ2) is 6.54. The highest BCUT2D eigenvalue weighted by Gasteiger charge is 2.20. The molecular weight excluding hydrogens is 242 g/mol. The number of piperazine rings is 1. The molecular formula is C14H21N3O2. The molecule has 0 radical (unpaired) electrons. The van der Waals surface area contributed by atoms with E-state index in [1.54, 1.807) is 0 Å². The molecule has 1 aliphatic rings. The van der Waals surface area contributed by atoms with Crippen molar-refractivity contribution in [1.82, 2.24) is 10.2 Å². The number of hydrogen-bond acceptors (Lipinski definition) is 4. The number of carbonyl (C=O) groups excluding carboxylic acids is 1. The van der Waals surface area contributed by atoms with Gasteiger partial charge in [-0.3, -0.25) is 9.69 Å². The van der Waals surface area contributed by atoms with Gasteiger partial charge >= 0.3 is 0 Å². The van der Waals surface area contributed by atoms with Gasteiger partial charge in [-0.25, -0.2) is 0 Å². The van der Waals surface area contributed by atoms with E-state index in [0.29, 0.717) is 26.2 Å². The van der Waals surface area contributed by atoms with E-state index in [4.69, 9.17) is 10.5 Å². The summed E-state index contributed by atoms with van der Waals surface area (Å²) in [5, 5.41) is 2.81. The SMILES string of the molecule is CCOc1ccccc1C(N)CN1CCNC(=O)C1. The number of amides is 1. The summed E-state index contributed by atoms with van der Waals surface area (Å²) in [5.41, 5.74) is 7.24. The van der Waals surface area contributed by atoms with Gasteiger partial charge in [-0.15, -0.1) is 0 Å². The van der Waals surface area contributed by atoms with Gasteiger partial charge in [0.15, 0.2) is 0 Å². The molecule has 2 rings (SSSR count). The minimum Gasteiger partial charge on any atom is -0.494 e. The van der Waals surface area contributed by atoms with E-state index in [1.165, 1.54) is 0 Å². The van der Waals surface area contributed by atoms with Gasteiger partial charge in [0.25, 0.3) is 0 Å². The smallest absolute Gasteiger partial charge is 0.234 e. The van der Waals surface area contributed by atoms with Crippen LogP contribution in [0.4, 0.5) is 0 Å². The number of nitrogens with zero attached hydrogens (tertiary/aromatic N) is 1. The molecule has 5 heteroatoms. The molecule has 1 aromatic carbocycles. The third-order valence-electron chi connectivity index (χ3n) is 3.19. The Morgan fingerprint density at radius 1 is 1.47 bits per heavy atom. The lowest BCUT2D eigenvalue weighted by atomic mass is 10.1. The molecule has 19 heavy (non-hydrogen) atoms. The molecule has 1 aromatic rings. The zero-order valence-corrected chi connectivity index (χ0v) is 11.3. The molecule has 3 N–H and O–H groups in total. The van der Waals surface area contributed by atoms with Crippen molar-refractivity contribution in [3.05, 3.63) is 29.8 Å². The van der Waals surface area contributed by atoms with Gasteiger partial charge in [0.05, 0.1) is 13.2 Å². The zero-order valence-electron chi connectivity index (χ0n) is 11.3. The fourth-order valence-electron chi connectivity index (χ4n) is 2.30. The average molecular weight is 263 g/mol. The van der Waals surface area contributed by atoms with Crippen LogP contribution in [0.1, 0.15) is 18.5 Å². The lowest BCUT2D eigenvalue weighted by Gasteiger charge is -2.29. The van der Waals surface area contributed by atoms with Crippen LogP contribution in [0.3, 0.4) is 0 Å². The molecule has 0 aliphatic carbocycles. The van der Waals surface area contributed by atoms with Crippen molar-refractivity contribution < 1.29 is 9.53 Å². The molecule has 1 amide bonds. The van der Waals surface area contributed by atoms with Crippen molar-refractivity contribution in [2.45, 2.75) is 13.0 Å². The highest BCUT2D eigenvalue weighted by molar-refractivity contribution is 5.78. The van der Waals surface area contributed by atoms with E-state index in [2.05, 4.69) is 10.2 Å². The Morgan fingerprint density at radius 2 is 2.26 bits per heavy atom. The summed E-state index contributed by atoms with van der Waals surface area (Å²) in [6.07, 6.45) is 0. The Balaban J connectivity index is 2.02. The Hall–Kier alpha value is -1.59. The number of carbonyl (C=O) groups is 1. The van der Waals surface area contributed by atoms with E-state index < -0.39 is 0 Å². The number of rotatable bonds is 5. The first-order valence-corrected chi connectivity index (χ1v) is 6.67. The second-order valence-electron chi connectivity index (χ2n) is 4.66. The number of para-hydroxylation sites is 1. The van der Waals surface area contributed by atoms with E-state index in [1.807, 2.05) is 31.2 Å². The lowest BCUT2D eigenvalue weighted by molar-refractivity contribution is -0.124. The zero-order chi connectivity index (χ0) is 13.7. The molecule has 104 valence electrons. The van der Waals surface area contributed by atoms with Crippen LogP contribution in [0, 0.1) is 0 Å². The molecule has 1 aliphatic heterocycles. The summed E-state index contributed by atoms with van der Waals surface area (Å²) in [4.78, 5) is 13.4. The Bertz CT molecular complexity index is 436. The monoisotopic (exact) mass is 263 g/mol. The Morgan fingerprint density at radius 3 is 3.00 bits per heavy atom. The van der Waals surface area contributed by atoms with Crippen molar-refractivity contribution >= 4 is 5.91 Å². The summed E-state index contributed by atoms with van der Waals surface area (Å²) < 4.78 is 5.59. The predicted octanol–water partition coefficient (Wildman–Crippen LogP) is 0.517. The summed E-state index contributed by atoms with van der Waals surface area (Å²) in [5.74, 6) is 0.899. The van der Waals surface area contributed by atoms with E-state index in [-0.39, 0.29) is 11.9 Å². The second-order valence-corrected chi connectivity index (χ2v) is 4.66. The maximum Gasteiger partial charge on any atom is 0.234 e. The number of hydrogen-bond donors (Lipinski definition) is 2. The molecule has 1 atom stereocenters. The van der Waals surface area contributed by atoms with Crippen LogP contribution >= 0.6 is 0 Å². The van der Waals surface area contributed by atoms with Crippen molar-refractivity contribution in [3.8, 4) is 5.75 Å². The molecule has 1 fully saturated rings.